The maximum absolute atomic E-state index is 11.7. The van der Waals surface area contributed by atoms with Crippen molar-refractivity contribution >= 4 is 34.7 Å². The van der Waals surface area contributed by atoms with E-state index in [9.17, 15) is 4.79 Å². The number of halogens is 1. The zero-order valence-corrected chi connectivity index (χ0v) is 13.6. The SMILES string of the molecule is CC(C)c1csc(CCNC(=O)Nc2cccc(Cl)c2)n1. The van der Waals surface area contributed by atoms with Crippen LogP contribution in [0.25, 0.3) is 0 Å². The first-order valence-corrected chi connectivity index (χ1v) is 8.05. The minimum Gasteiger partial charge on any atom is -0.337 e. The Kier molecular flexibility index (Phi) is 5.59. The van der Waals surface area contributed by atoms with Gasteiger partial charge < -0.3 is 10.6 Å². The number of rotatable bonds is 5. The third-order valence-corrected chi connectivity index (χ3v) is 4.03. The molecule has 0 bridgehead atoms. The number of carbonyl (C=O) groups excluding carboxylic acids is 1. The molecule has 0 unspecified atom stereocenters. The van der Waals surface area contributed by atoms with Gasteiger partial charge in [-0.2, -0.15) is 0 Å². The van der Waals surface area contributed by atoms with E-state index < -0.39 is 0 Å². The number of hydrogen-bond acceptors (Lipinski definition) is 3. The average Bonchev–Trinajstić information content (AvgIpc) is 2.87. The molecule has 4 nitrogen and oxygen atoms in total. The number of urea groups is 1. The molecule has 0 aliphatic rings. The van der Waals surface area contributed by atoms with E-state index in [1.54, 1.807) is 35.6 Å². The molecule has 112 valence electrons. The molecular formula is C15H18ClN3OS. The first-order valence-electron chi connectivity index (χ1n) is 6.79. The molecule has 2 rings (SSSR count). The Balaban J connectivity index is 1.76. The quantitative estimate of drug-likeness (QED) is 0.862. The van der Waals surface area contributed by atoms with Crippen LogP contribution in [0, 0.1) is 0 Å². The summed E-state index contributed by atoms with van der Waals surface area (Å²) in [6.45, 7) is 4.79. The zero-order valence-electron chi connectivity index (χ0n) is 12.0. The number of carbonyl (C=O) groups is 1. The number of anilines is 1. The molecule has 0 fully saturated rings. The van der Waals surface area contributed by atoms with E-state index in [0.29, 0.717) is 23.2 Å². The fraction of sp³-hybridized carbons (Fsp3) is 0.333. The minimum absolute atomic E-state index is 0.238. The first-order chi connectivity index (χ1) is 10.0. The zero-order chi connectivity index (χ0) is 15.2. The number of nitrogens with one attached hydrogen (secondary N) is 2. The highest BCUT2D eigenvalue weighted by molar-refractivity contribution is 7.09. The van der Waals surface area contributed by atoms with Crippen molar-refractivity contribution in [1.29, 1.82) is 0 Å². The van der Waals surface area contributed by atoms with Crippen molar-refractivity contribution < 1.29 is 4.79 Å². The standard InChI is InChI=1S/C15H18ClN3OS/c1-10(2)13-9-21-14(19-13)6-7-17-15(20)18-12-5-3-4-11(16)8-12/h3-5,8-10H,6-7H2,1-2H3,(H2,17,18,20). The van der Waals surface area contributed by atoms with Gasteiger partial charge in [-0.25, -0.2) is 9.78 Å². The van der Waals surface area contributed by atoms with Crippen LogP contribution in [0.15, 0.2) is 29.6 Å². The summed E-state index contributed by atoms with van der Waals surface area (Å²) in [6, 6.07) is 6.82. The lowest BCUT2D eigenvalue weighted by molar-refractivity contribution is 0.252. The van der Waals surface area contributed by atoms with Crippen LogP contribution in [-0.2, 0) is 6.42 Å². The number of benzene rings is 1. The summed E-state index contributed by atoms with van der Waals surface area (Å²) in [7, 11) is 0. The summed E-state index contributed by atoms with van der Waals surface area (Å²) >= 11 is 7.50. The summed E-state index contributed by atoms with van der Waals surface area (Å²) in [6.07, 6.45) is 0.736. The van der Waals surface area contributed by atoms with Gasteiger partial charge in [0.05, 0.1) is 10.7 Å². The van der Waals surface area contributed by atoms with Gasteiger partial charge in [0.2, 0.25) is 0 Å². The van der Waals surface area contributed by atoms with E-state index >= 15 is 0 Å². The summed E-state index contributed by atoms with van der Waals surface area (Å²) in [4.78, 5) is 16.3. The summed E-state index contributed by atoms with van der Waals surface area (Å²) in [5.74, 6) is 0.439. The van der Waals surface area contributed by atoms with Gasteiger partial charge in [0, 0.05) is 29.1 Å². The lowest BCUT2D eigenvalue weighted by Gasteiger charge is -2.07. The molecule has 0 saturated heterocycles. The third kappa shape index (κ3) is 5.02. The average molecular weight is 324 g/mol. The summed E-state index contributed by atoms with van der Waals surface area (Å²) < 4.78 is 0. The Labute approximate surface area is 133 Å². The normalized spacial score (nSPS) is 10.7. The van der Waals surface area contributed by atoms with Gasteiger partial charge in [-0.15, -0.1) is 11.3 Å². The number of aromatic nitrogens is 1. The fourth-order valence-corrected chi connectivity index (χ4v) is 2.88. The van der Waals surface area contributed by atoms with Crippen molar-refractivity contribution in [3.05, 3.63) is 45.4 Å². The highest BCUT2D eigenvalue weighted by Gasteiger charge is 2.06. The van der Waals surface area contributed by atoms with Crippen LogP contribution in [0.1, 0.15) is 30.5 Å². The predicted molar refractivity (Wildman–Crippen MR) is 88.4 cm³/mol. The van der Waals surface area contributed by atoms with Crippen LogP contribution in [0.5, 0.6) is 0 Å². The molecule has 0 spiro atoms. The van der Waals surface area contributed by atoms with Crippen molar-refractivity contribution in [2.75, 3.05) is 11.9 Å². The van der Waals surface area contributed by atoms with E-state index in [1.165, 1.54) is 0 Å². The van der Waals surface area contributed by atoms with Gasteiger partial charge in [0.15, 0.2) is 0 Å². The molecule has 2 aromatic rings. The second kappa shape index (κ2) is 7.43. The smallest absolute Gasteiger partial charge is 0.319 e. The topological polar surface area (TPSA) is 54.0 Å². The molecule has 0 radical (unpaired) electrons. The summed E-state index contributed by atoms with van der Waals surface area (Å²) in [5, 5.41) is 9.27. The first kappa shape index (κ1) is 15.8. The monoisotopic (exact) mass is 323 g/mol. The number of hydrogen-bond donors (Lipinski definition) is 2. The van der Waals surface area contributed by atoms with E-state index in [2.05, 4.69) is 34.8 Å². The molecule has 0 atom stereocenters. The molecular weight excluding hydrogens is 306 g/mol. The van der Waals surface area contributed by atoms with Crippen LogP contribution in [0.2, 0.25) is 5.02 Å². The molecule has 0 saturated carbocycles. The van der Waals surface area contributed by atoms with Gasteiger partial charge in [-0.3, -0.25) is 0 Å². The van der Waals surface area contributed by atoms with Gasteiger partial charge >= 0.3 is 6.03 Å². The number of amides is 2. The predicted octanol–water partition coefficient (Wildman–Crippen LogP) is 4.28. The largest absolute Gasteiger partial charge is 0.337 e. The highest BCUT2D eigenvalue weighted by Crippen LogP contribution is 2.18. The molecule has 6 heteroatoms. The van der Waals surface area contributed by atoms with Crippen molar-refractivity contribution in [3.63, 3.8) is 0 Å². The summed E-state index contributed by atoms with van der Waals surface area (Å²) in [5.41, 5.74) is 1.79. The molecule has 2 amide bonds. The lowest BCUT2D eigenvalue weighted by atomic mass is 10.2. The molecule has 0 aliphatic carbocycles. The molecule has 2 N–H and O–H groups in total. The van der Waals surface area contributed by atoms with Crippen LogP contribution < -0.4 is 10.6 Å². The maximum atomic E-state index is 11.7. The van der Waals surface area contributed by atoms with Crippen molar-refractivity contribution in [3.8, 4) is 0 Å². The van der Waals surface area contributed by atoms with Crippen molar-refractivity contribution in [1.82, 2.24) is 10.3 Å². The Bertz CT molecular complexity index is 612. The van der Waals surface area contributed by atoms with E-state index in [0.717, 1.165) is 17.1 Å². The number of nitrogens with zero attached hydrogens (tertiary/aromatic N) is 1. The Morgan fingerprint density at radius 2 is 2.24 bits per heavy atom. The van der Waals surface area contributed by atoms with Crippen LogP contribution in [0.4, 0.5) is 10.5 Å². The van der Waals surface area contributed by atoms with Crippen molar-refractivity contribution in [2.24, 2.45) is 0 Å². The Morgan fingerprint density at radius 3 is 2.90 bits per heavy atom. The Morgan fingerprint density at radius 1 is 1.43 bits per heavy atom. The highest BCUT2D eigenvalue weighted by atomic mass is 35.5. The number of thiazole rings is 1. The molecule has 1 aromatic carbocycles. The van der Waals surface area contributed by atoms with Gasteiger partial charge in [0.25, 0.3) is 0 Å². The van der Waals surface area contributed by atoms with Crippen molar-refractivity contribution in [2.45, 2.75) is 26.2 Å². The molecule has 1 aromatic heterocycles. The van der Waals surface area contributed by atoms with E-state index in [-0.39, 0.29) is 6.03 Å². The van der Waals surface area contributed by atoms with Gasteiger partial charge in [0.1, 0.15) is 0 Å². The van der Waals surface area contributed by atoms with Crippen LogP contribution >= 0.6 is 22.9 Å². The second-order valence-corrected chi connectivity index (χ2v) is 6.34. The minimum atomic E-state index is -0.238. The lowest BCUT2D eigenvalue weighted by Crippen LogP contribution is -2.30. The fourth-order valence-electron chi connectivity index (χ4n) is 1.73. The van der Waals surface area contributed by atoms with E-state index in [4.69, 9.17) is 11.6 Å². The van der Waals surface area contributed by atoms with Gasteiger partial charge in [-0.1, -0.05) is 31.5 Å². The molecule has 21 heavy (non-hydrogen) atoms. The second-order valence-electron chi connectivity index (χ2n) is 4.96. The maximum Gasteiger partial charge on any atom is 0.319 e. The molecule has 0 aliphatic heterocycles. The molecule has 1 heterocycles. The third-order valence-electron chi connectivity index (χ3n) is 2.87. The Hall–Kier alpha value is -1.59. The van der Waals surface area contributed by atoms with Crippen LogP contribution in [0.3, 0.4) is 0 Å². The van der Waals surface area contributed by atoms with E-state index in [1.807, 2.05) is 0 Å². The van der Waals surface area contributed by atoms with Gasteiger partial charge in [-0.05, 0) is 24.1 Å². The van der Waals surface area contributed by atoms with Crippen LogP contribution in [-0.4, -0.2) is 17.6 Å².